The second-order valence-electron chi connectivity index (χ2n) is 11.4. The molecule has 4 N–H and O–H groups in total. The monoisotopic (exact) mass is 480 g/mol. The molecule has 3 rings (SSSR count). The van der Waals surface area contributed by atoms with Crippen molar-refractivity contribution in [1.82, 2.24) is 9.88 Å². The summed E-state index contributed by atoms with van der Waals surface area (Å²) in [5.74, 6) is -0.516. The van der Waals surface area contributed by atoms with Crippen molar-refractivity contribution in [3.05, 3.63) is 57.9 Å². The van der Waals surface area contributed by atoms with E-state index in [0.29, 0.717) is 34.6 Å². The number of ketones is 1. The molecule has 2 aromatic rings. The van der Waals surface area contributed by atoms with Crippen molar-refractivity contribution in [2.45, 2.75) is 71.4 Å². The molecular weight excluding hydrogens is 444 g/mol. The second-order valence-corrected chi connectivity index (χ2v) is 11.4. The number of fused-ring (bicyclic) bond motifs is 1. The SMILES string of the molecule is COC(C)(C(N)=O)c1ccc2c(n1)C(=N)N(CC(=O)c1cc(C(C)(C)C)c(O)c(C(C)(C)C)c1)C2. The van der Waals surface area contributed by atoms with Crippen LogP contribution in [0.3, 0.4) is 0 Å². The summed E-state index contributed by atoms with van der Waals surface area (Å²) in [6, 6.07) is 6.96. The Bertz CT molecular complexity index is 1170. The summed E-state index contributed by atoms with van der Waals surface area (Å²) < 4.78 is 5.32. The van der Waals surface area contributed by atoms with Crippen molar-refractivity contribution >= 4 is 17.5 Å². The average molecular weight is 481 g/mol. The number of ether oxygens (including phenoxy) is 1. The van der Waals surface area contributed by atoms with E-state index in [4.69, 9.17) is 15.9 Å². The van der Waals surface area contributed by atoms with Crippen molar-refractivity contribution in [1.29, 1.82) is 5.41 Å². The van der Waals surface area contributed by atoms with Crippen LogP contribution in [0.15, 0.2) is 24.3 Å². The van der Waals surface area contributed by atoms with Gasteiger partial charge in [0.05, 0.1) is 12.2 Å². The fourth-order valence-electron chi connectivity index (χ4n) is 4.19. The van der Waals surface area contributed by atoms with Gasteiger partial charge >= 0.3 is 0 Å². The third kappa shape index (κ3) is 4.80. The number of nitrogens with zero attached hydrogens (tertiary/aromatic N) is 2. The van der Waals surface area contributed by atoms with Gasteiger partial charge in [0.25, 0.3) is 5.91 Å². The van der Waals surface area contributed by atoms with Crippen LogP contribution >= 0.6 is 0 Å². The van der Waals surface area contributed by atoms with Gasteiger partial charge in [-0.1, -0.05) is 47.6 Å². The van der Waals surface area contributed by atoms with Gasteiger partial charge in [-0.25, -0.2) is 4.98 Å². The molecule has 1 aromatic carbocycles. The summed E-state index contributed by atoms with van der Waals surface area (Å²) in [5.41, 5.74) is 6.80. The number of hydrogen-bond donors (Lipinski definition) is 3. The molecule has 1 aromatic heterocycles. The molecule has 1 aliphatic rings. The van der Waals surface area contributed by atoms with Gasteiger partial charge in [0.1, 0.15) is 17.3 Å². The number of pyridine rings is 1. The summed E-state index contributed by atoms with van der Waals surface area (Å²) in [6.07, 6.45) is 0. The van der Waals surface area contributed by atoms with Crippen LogP contribution in [-0.4, -0.2) is 46.2 Å². The van der Waals surface area contributed by atoms with Gasteiger partial charge < -0.3 is 20.5 Å². The minimum Gasteiger partial charge on any atom is -0.507 e. The lowest BCUT2D eigenvalue weighted by molar-refractivity contribution is -0.139. The molecule has 1 aliphatic heterocycles. The first-order valence-electron chi connectivity index (χ1n) is 11.6. The molecule has 0 fully saturated rings. The number of aromatic nitrogens is 1. The van der Waals surface area contributed by atoms with Crippen LogP contribution in [-0.2, 0) is 32.5 Å². The van der Waals surface area contributed by atoms with Crippen molar-refractivity contribution in [2.75, 3.05) is 13.7 Å². The molecule has 8 heteroatoms. The van der Waals surface area contributed by atoms with Crippen LogP contribution in [0.2, 0.25) is 0 Å². The first-order chi connectivity index (χ1) is 16.0. The predicted molar refractivity (Wildman–Crippen MR) is 135 cm³/mol. The molecule has 0 radical (unpaired) electrons. The Labute approximate surface area is 207 Å². The zero-order valence-electron chi connectivity index (χ0n) is 21.9. The van der Waals surface area contributed by atoms with E-state index in [2.05, 4.69) is 4.98 Å². The average Bonchev–Trinajstić information content (AvgIpc) is 3.06. The first kappa shape index (κ1) is 26.3. The lowest BCUT2D eigenvalue weighted by Crippen LogP contribution is -2.41. The molecule has 8 nitrogen and oxygen atoms in total. The zero-order chi connectivity index (χ0) is 26.5. The fraction of sp³-hybridized carbons (Fsp3) is 0.481. The molecule has 1 unspecified atom stereocenters. The molecule has 1 amide bonds. The van der Waals surface area contributed by atoms with E-state index < -0.39 is 11.5 Å². The van der Waals surface area contributed by atoms with Crippen LogP contribution in [0.1, 0.15) is 86.9 Å². The molecule has 35 heavy (non-hydrogen) atoms. The number of hydrogen-bond acceptors (Lipinski definition) is 6. The lowest BCUT2D eigenvalue weighted by atomic mass is 9.78. The van der Waals surface area contributed by atoms with Crippen LogP contribution < -0.4 is 5.73 Å². The predicted octanol–water partition coefficient (Wildman–Crippen LogP) is 3.75. The third-order valence-electron chi connectivity index (χ3n) is 6.63. The number of amidine groups is 1. The second kappa shape index (κ2) is 8.75. The largest absolute Gasteiger partial charge is 0.507 e. The molecular formula is C27H36N4O4. The highest BCUT2D eigenvalue weighted by Crippen LogP contribution is 2.40. The molecule has 2 heterocycles. The number of aromatic hydroxyl groups is 1. The molecule has 188 valence electrons. The number of amides is 1. The van der Waals surface area contributed by atoms with E-state index in [1.165, 1.54) is 14.0 Å². The molecule has 1 atom stereocenters. The number of nitrogens with two attached hydrogens (primary N) is 1. The Balaban J connectivity index is 1.93. The van der Waals surface area contributed by atoms with E-state index >= 15 is 0 Å². The van der Waals surface area contributed by atoms with E-state index in [9.17, 15) is 14.7 Å². The summed E-state index contributed by atoms with van der Waals surface area (Å²) in [6.45, 7) is 13.9. The van der Waals surface area contributed by atoms with E-state index in [1.54, 1.807) is 29.2 Å². The maximum absolute atomic E-state index is 13.4. The molecule has 0 bridgehead atoms. The maximum atomic E-state index is 13.4. The zero-order valence-corrected chi connectivity index (χ0v) is 21.9. The lowest BCUT2D eigenvalue weighted by Gasteiger charge is -2.28. The topological polar surface area (TPSA) is 130 Å². The van der Waals surface area contributed by atoms with Gasteiger partial charge in [-0.15, -0.1) is 0 Å². The molecule has 0 aliphatic carbocycles. The number of Topliss-reactive ketones (excluding diaryl/α,β-unsaturated/α-hetero) is 1. The summed E-state index contributed by atoms with van der Waals surface area (Å²) in [7, 11) is 1.38. The standard InChI is InChI=1S/C27H36N4O4/c1-25(2,3)17-11-16(12-18(22(17)33)26(4,5)6)19(32)14-31-13-15-9-10-20(30-21(15)23(31)28)27(7,35-8)24(29)34/h9-12,28,33H,13-14H2,1-8H3,(H2,29,34). The third-order valence-corrected chi connectivity index (χ3v) is 6.63. The van der Waals surface area contributed by atoms with Gasteiger partial charge in [0.15, 0.2) is 11.4 Å². The molecule has 0 spiro atoms. The van der Waals surface area contributed by atoms with Crippen LogP contribution in [0, 0.1) is 5.41 Å². The van der Waals surface area contributed by atoms with Gasteiger partial charge in [-0.2, -0.15) is 0 Å². The number of primary amides is 1. The van der Waals surface area contributed by atoms with Crippen LogP contribution in [0.4, 0.5) is 0 Å². The minimum atomic E-state index is -1.42. The maximum Gasteiger partial charge on any atom is 0.255 e. The number of benzene rings is 1. The molecule has 0 saturated carbocycles. The first-order valence-corrected chi connectivity index (χ1v) is 11.6. The Morgan fingerprint density at radius 3 is 2.09 bits per heavy atom. The smallest absolute Gasteiger partial charge is 0.255 e. The number of carbonyl (C=O) groups excluding carboxylic acids is 2. The normalized spacial score (nSPS) is 15.7. The highest BCUT2D eigenvalue weighted by molar-refractivity contribution is 6.04. The van der Waals surface area contributed by atoms with E-state index in [0.717, 1.165) is 5.56 Å². The Morgan fingerprint density at radius 1 is 1.09 bits per heavy atom. The van der Waals surface area contributed by atoms with Gasteiger partial charge in [-0.05, 0) is 36.0 Å². The number of methoxy groups -OCH3 is 1. The summed E-state index contributed by atoms with van der Waals surface area (Å²) in [5, 5.41) is 19.6. The fourth-order valence-corrected chi connectivity index (χ4v) is 4.19. The number of rotatable bonds is 6. The minimum absolute atomic E-state index is 0.0141. The highest BCUT2D eigenvalue weighted by Gasteiger charge is 2.37. The van der Waals surface area contributed by atoms with Crippen LogP contribution in [0.25, 0.3) is 0 Å². The number of phenols is 1. The van der Waals surface area contributed by atoms with Gasteiger partial charge in [-0.3, -0.25) is 15.0 Å². The van der Waals surface area contributed by atoms with Gasteiger partial charge in [0, 0.05) is 35.9 Å². The van der Waals surface area contributed by atoms with Crippen molar-refractivity contribution in [3.8, 4) is 5.75 Å². The number of nitrogens with one attached hydrogen (secondary N) is 1. The van der Waals surface area contributed by atoms with Crippen molar-refractivity contribution in [3.63, 3.8) is 0 Å². The van der Waals surface area contributed by atoms with Crippen LogP contribution in [0.5, 0.6) is 5.75 Å². The number of carbonyl (C=O) groups is 2. The van der Waals surface area contributed by atoms with Crippen molar-refractivity contribution < 1.29 is 19.4 Å². The van der Waals surface area contributed by atoms with Crippen molar-refractivity contribution in [2.24, 2.45) is 5.73 Å². The Hall–Kier alpha value is -3.26. The highest BCUT2D eigenvalue weighted by atomic mass is 16.5. The molecule has 0 saturated heterocycles. The summed E-state index contributed by atoms with van der Waals surface area (Å²) in [4.78, 5) is 31.5. The van der Waals surface area contributed by atoms with E-state index in [-0.39, 0.29) is 34.7 Å². The van der Waals surface area contributed by atoms with Gasteiger partial charge in [0.2, 0.25) is 0 Å². The summed E-state index contributed by atoms with van der Waals surface area (Å²) >= 11 is 0. The Morgan fingerprint density at radius 2 is 1.63 bits per heavy atom. The van der Waals surface area contributed by atoms with E-state index in [1.807, 2.05) is 41.5 Å². The quantitative estimate of drug-likeness (QED) is 0.540. The number of phenolic OH excluding ortho intramolecular Hbond substituents is 1. The Kier molecular flexibility index (Phi) is 6.59.